The first kappa shape index (κ1) is 20.9. The summed E-state index contributed by atoms with van der Waals surface area (Å²) in [4.78, 5) is 27.2. The third kappa shape index (κ3) is 5.17. The average molecular weight is 394 g/mol. The lowest BCUT2D eigenvalue weighted by atomic mass is 9.79. The molecule has 1 fully saturated rings. The Kier molecular flexibility index (Phi) is 6.26. The number of carbonyl (C=O) groups is 2. The molecule has 2 N–H and O–H groups in total. The standard InChI is InChI=1S/C24H31N3O2/c1-17-5-8-20(9-6-17)16-25-22(28)24(4)11-13-27(14-12-24)23(29)26-21-10-7-18(2)15-19(21)3/h5-10,15H,11-14,16H2,1-4H3,(H,25,28)(H,26,29). The van der Waals surface area contributed by atoms with Crippen LogP contribution in [-0.2, 0) is 11.3 Å². The Balaban J connectivity index is 1.52. The topological polar surface area (TPSA) is 61.4 Å². The quantitative estimate of drug-likeness (QED) is 0.800. The van der Waals surface area contributed by atoms with Gasteiger partial charge in [0.2, 0.25) is 5.91 Å². The monoisotopic (exact) mass is 393 g/mol. The minimum atomic E-state index is -0.443. The highest BCUT2D eigenvalue weighted by molar-refractivity contribution is 5.90. The molecular formula is C24H31N3O2. The first-order valence-electron chi connectivity index (χ1n) is 10.2. The van der Waals surface area contributed by atoms with E-state index < -0.39 is 5.41 Å². The summed E-state index contributed by atoms with van der Waals surface area (Å²) in [7, 11) is 0. The lowest BCUT2D eigenvalue weighted by molar-refractivity contribution is -0.132. The molecule has 5 heteroatoms. The number of hydrogen-bond donors (Lipinski definition) is 2. The minimum Gasteiger partial charge on any atom is -0.352 e. The van der Waals surface area contributed by atoms with Crippen LogP contribution in [0.25, 0.3) is 0 Å². The maximum Gasteiger partial charge on any atom is 0.321 e. The molecule has 2 aromatic carbocycles. The second kappa shape index (κ2) is 8.68. The van der Waals surface area contributed by atoms with Crippen molar-refractivity contribution in [3.05, 3.63) is 64.7 Å². The number of urea groups is 1. The molecule has 0 aliphatic carbocycles. The van der Waals surface area contributed by atoms with Gasteiger partial charge in [-0.15, -0.1) is 0 Å². The zero-order chi connectivity index (χ0) is 21.0. The van der Waals surface area contributed by atoms with E-state index in [1.54, 1.807) is 4.90 Å². The molecule has 0 spiro atoms. The van der Waals surface area contributed by atoms with E-state index in [1.807, 2.05) is 52.0 Å². The molecule has 3 amide bonds. The number of benzene rings is 2. The van der Waals surface area contributed by atoms with E-state index in [1.165, 1.54) is 11.1 Å². The number of anilines is 1. The predicted molar refractivity (Wildman–Crippen MR) is 117 cm³/mol. The lowest BCUT2D eigenvalue weighted by Gasteiger charge is -2.38. The first-order valence-corrected chi connectivity index (χ1v) is 10.2. The molecule has 154 valence electrons. The smallest absolute Gasteiger partial charge is 0.321 e. The molecule has 0 unspecified atom stereocenters. The number of piperidine rings is 1. The van der Waals surface area contributed by atoms with Crippen molar-refractivity contribution in [2.45, 2.75) is 47.1 Å². The Morgan fingerprint density at radius 2 is 1.59 bits per heavy atom. The van der Waals surface area contributed by atoms with Crippen LogP contribution in [0.15, 0.2) is 42.5 Å². The summed E-state index contributed by atoms with van der Waals surface area (Å²) >= 11 is 0. The number of nitrogens with one attached hydrogen (secondary N) is 2. The Hall–Kier alpha value is -2.82. The Morgan fingerprint density at radius 3 is 2.21 bits per heavy atom. The van der Waals surface area contributed by atoms with Crippen molar-refractivity contribution in [3.8, 4) is 0 Å². The molecule has 2 aromatic rings. The van der Waals surface area contributed by atoms with Crippen molar-refractivity contribution in [1.82, 2.24) is 10.2 Å². The van der Waals surface area contributed by atoms with Gasteiger partial charge in [0.05, 0.1) is 0 Å². The zero-order valence-electron chi connectivity index (χ0n) is 17.8. The highest BCUT2D eigenvalue weighted by Gasteiger charge is 2.38. The number of aryl methyl sites for hydroxylation is 3. The fourth-order valence-electron chi connectivity index (χ4n) is 3.68. The highest BCUT2D eigenvalue weighted by atomic mass is 16.2. The minimum absolute atomic E-state index is 0.0625. The van der Waals surface area contributed by atoms with Gasteiger partial charge < -0.3 is 15.5 Å². The normalized spacial score (nSPS) is 15.7. The van der Waals surface area contributed by atoms with E-state index in [0.29, 0.717) is 32.5 Å². The number of amides is 3. The number of nitrogens with zero attached hydrogens (tertiary/aromatic N) is 1. The van der Waals surface area contributed by atoms with Crippen LogP contribution in [0.4, 0.5) is 10.5 Å². The van der Waals surface area contributed by atoms with Gasteiger partial charge in [-0.25, -0.2) is 4.79 Å². The number of carbonyl (C=O) groups excluding carboxylic acids is 2. The van der Waals surface area contributed by atoms with Crippen molar-refractivity contribution in [3.63, 3.8) is 0 Å². The van der Waals surface area contributed by atoms with Crippen LogP contribution in [0.3, 0.4) is 0 Å². The molecule has 0 radical (unpaired) electrons. The predicted octanol–water partition coefficient (Wildman–Crippen LogP) is 4.56. The molecule has 29 heavy (non-hydrogen) atoms. The third-order valence-electron chi connectivity index (χ3n) is 5.90. The second-order valence-corrected chi connectivity index (χ2v) is 8.46. The molecule has 0 atom stereocenters. The average Bonchev–Trinajstić information content (AvgIpc) is 2.70. The van der Waals surface area contributed by atoms with E-state index in [0.717, 1.165) is 16.8 Å². The van der Waals surface area contributed by atoms with E-state index in [2.05, 4.69) is 28.8 Å². The molecule has 0 saturated carbocycles. The van der Waals surface area contributed by atoms with E-state index in [9.17, 15) is 9.59 Å². The largest absolute Gasteiger partial charge is 0.352 e. The summed E-state index contributed by atoms with van der Waals surface area (Å²) in [5, 5.41) is 6.07. The molecule has 0 bridgehead atoms. The van der Waals surface area contributed by atoms with E-state index >= 15 is 0 Å². The molecule has 1 aliphatic heterocycles. The van der Waals surface area contributed by atoms with Gasteiger partial charge in [0.1, 0.15) is 0 Å². The van der Waals surface area contributed by atoms with Crippen LogP contribution in [-0.4, -0.2) is 29.9 Å². The molecular weight excluding hydrogens is 362 g/mol. The van der Waals surface area contributed by atoms with Crippen molar-refractivity contribution in [2.24, 2.45) is 5.41 Å². The number of hydrogen-bond acceptors (Lipinski definition) is 2. The summed E-state index contributed by atoms with van der Waals surface area (Å²) in [5.41, 5.74) is 4.92. The van der Waals surface area contributed by atoms with Gasteiger partial charge in [0.15, 0.2) is 0 Å². The molecule has 1 aliphatic rings. The van der Waals surface area contributed by atoms with Crippen LogP contribution in [0, 0.1) is 26.2 Å². The van der Waals surface area contributed by atoms with Gasteiger partial charge in [-0.2, -0.15) is 0 Å². The molecule has 1 heterocycles. The Morgan fingerprint density at radius 1 is 0.966 bits per heavy atom. The van der Waals surface area contributed by atoms with Crippen LogP contribution >= 0.6 is 0 Å². The summed E-state index contributed by atoms with van der Waals surface area (Å²) in [6.45, 7) is 9.76. The summed E-state index contributed by atoms with van der Waals surface area (Å²) in [5.74, 6) is 0.0625. The van der Waals surface area contributed by atoms with Gasteiger partial charge in [-0.1, -0.05) is 54.4 Å². The molecule has 1 saturated heterocycles. The fourth-order valence-corrected chi connectivity index (χ4v) is 3.68. The molecule has 5 nitrogen and oxygen atoms in total. The summed E-state index contributed by atoms with van der Waals surface area (Å²) in [6.07, 6.45) is 1.32. The van der Waals surface area contributed by atoms with Crippen LogP contribution in [0.2, 0.25) is 0 Å². The second-order valence-electron chi connectivity index (χ2n) is 8.46. The van der Waals surface area contributed by atoms with Crippen LogP contribution < -0.4 is 10.6 Å². The van der Waals surface area contributed by atoms with Gasteiger partial charge in [0, 0.05) is 30.7 Å². The van der Waals surface area contributed by atoms with Crippen molar-refractivity contribution >= 4 is 17.6 Å². The van der Waals surface area contributed by atoms with Crippen LogP contribution in [0.5, 0.6) is 0 Å². The van der Waals surface area contributed by atoms with Gasteiger partial charge in [-0.05, 0) is 50.8 Å². The molecule has 0 aromatic heterocycles. The van der Waals surface area contributed by atoms with Crippen LogP contribution in [0.1, 0.15) is 42.0 Å². The summed E-state index contributed by atoms with van der Waals surface area (Å²) < 4.78 is 0. The molecule has 3 rings (SSSR count). The van der Waals surface area contributed by atoms with Gasteiger partial charge >= 0.3 is 6.03 Å². The van der Waals surface area contributed by atoms with Crippen molar-refractivity contribution < 1.29 is 9.59 Å². The highest BCUT2D eigenvalue weighted by Crippen LogP contribution is 2.31. The van der Waals surface area contributed by atoms with E-state index in [4.69, 9.17) is 0 Å². The zero-order valence-corrected chi connectivity index (χ0v) is 17.8. The third-order valence-corrected chi connectivity index (χ3v) is 5.90. The van der Waals surface area contributed by atoms with Gasteiger partial charge in [0.25, 0.3) is 0 Å². The van der Waals surface area contributed by atoms with Crippen molar-refractivity contribution in [2.75, 3.05) is 18.4 Å². The maximum atomic E-state index is 12.8. The number of rotatable bonds is 4. The fraction of sp³-hybridized carbons (Fsp3) is 0.417. The van der Waals surface area contributed by atoms with Gasteiger partial charge in [-0.3, -0.25) is 4.79 Å². The Bertz CT molecular complexity index is 881. The lowest BCUT2D eigenvalue weighted by Crippen LogP contribution is -2.49. The first-order chi connectivity index (χ1) is 13.8. The van der Waals surface area contributed by atoms with Crippen molar-refractivity contribution in [1.29, 1.82) is 0 Å². The van der Waals surface area contributed by atoms with E-state index in [-0.39, 0.29) is 11.9 Å². The SMILES string of the molecule is Cc1ccc(CNC(=O)C2(C)CCN(C(=O)Nc3ccc(C)cc3C)CC2)cc1. The Labute approximate surface area is 173 Å². The maximum absolute atomic E-state index is 12.8. The summed E-state index contributed by atoms with van der Waals surface area (Å²) in [6, 6.07) is 14.1. The number of likely N-dealkylation sites (tertiary alicyclic amines) is 1.